The molecule has 5 nitrogen and oxygen atoms in total. The van der Waals surface area contributed by atoms with Gasteiger partial charge in [0, 0.05) is 25.7 Å². The zero-order valence-electron chi connectivity index (χ0n) is 10.3. The highest BCUT2D eigenvalue weighted by Crippen LogP contribution is 2.13. The third-order valence-electron chi connectivity index (χ3n) is 2.81. The van der Waals surface area contributed by atoms with Gasteiger partial charge in [-0.25, -0.2) is 0 Å². The summed E-state index contributed by atoms with van der Waals surface area (Å²) in [5, 5.41) is 2.92. The molecular formula is C12H17BrN2O3. The van der Waals surface area contributed by atoms with Gasteiger partial charge in [-0.15, -0.1) is 0 Å². The summed E-state index contributed by atoms with van der Waals surface area (Å²) < 4.78 is 11.1. The van der Waals surface area contributed by atoms with Crippen molar-refractivity contribution in [3.05, 3.63) is 22.6 Å². The third-order valence-corrected chi connectivity index (χ3v) is 3.24. The molecule has 0 spiro atoms. The highest BCUT2D eigenvalue weighted by molar-refractivity contribution is 9.10. The van der Waals surface area contributed by atoms with E-state index in [2.05, 4.69) is 26.1 Å². The summed E-state index contributed by atoms with van der Waals surface area (Å²) in [7, 11) is 0. The Labute approximate surface area is 115 Å². The van der Waals surface area contributed by atoms with Crippen LogP contribution in [0.15, 0.2) is 21.2 Å². The second kappa shape index (κ2) is 6.36. The number of furan rings is 1. The first kappa shape index (κ1) is 13.6. The average molecular weight is 317 g/mol. The standard InChI is InChI=1S/C12H17BrN2O3/c1-9(8-15-4-6-17-7-5-15)14-12(16)10-2-3-11(13)18-10/h2-3,9H,4-8H2,1H3,(H,14,16)/t9-/m1/s1. The number of hydrogen-bond acceptors (Lipinski definition) is 4. The highest BCUT2D eigenvalue weighted by Gasteiger charge is 2.17. The summed E-state index contributed by atoms with van der Waals surface area (Å²) >= 11 is 3.18. The molecule has 0 aromatic carbocycles. The number of halogens is 1. The first-order chi connectivity index (χ1) is 8.65. The Balaban J connectivity index is 1.79. The largest absolute Gasteiger partial charge is 0.444 e. The van der Waals surface area contributed by atoms with Crippen molar-refractivity contribution in [1.29, 1.82) is 0 Å². The molecule has 1 aromatic heterocycles. The average Bonchev–Trinajstić information content (AvgIpc) is 2.77. The summed E-state index contributed by atoms with van der Waals surface area (Å²) in [5.41, 5.74) is 0. The molecule has 100 valence electrons. The zero-order chi connectivity index (χ0) is 13.0. The molecule has 2 rings (SSSR count). The van der Waals surface area contributed by atoms with Crippen molar-refractivity contribution in [1.82, 2.24) is 10.2 Å². The Hall–Kier alpha value is -0.850. The van der Waals surface area contributed by atoms with E-state index in [1.807, 2.05) is 6.92 Å². The molecule has 1 aromatic rings. The van der Waals surface area contributed by atoms with Crippen LogP contribution in [-0.4, -0.2) is 49.7 Å². The summed E-state index contributed by atoms with van der Waals surface area (Å²) in [6.07, 6.45) is 0. The van der Waals surface area contributed by atoms with E-state index in [0.717, 1.165) is 32.8 Å². The fraction of sp³-hybridized carbons (Fsp3) is 0.583. The van der Waals surface area contributed by atoms with Gasteiger partial charge in [0.15, 0.2) is 10.4 Å². The Morgan fingerprint density at radius 2 is 2.22 bits per heavy atom. The fourth-order valence-corrected chi connectivity index (χ4v) is 2.25. The van der Waals surface area contributed by atoms with Gasteiger partial charge in [-0.3, -0.25) is 9.69 Å². The van der Waals surface area contributed by atoms with Crippen molar-refractivity contribution >= 4 is 21.8 Å². The molecule has 1 N–H and O–H groups in total. The van der Waals surface area contributed by atoms with Crippen LogP contribution in [0.2, 0.25) is 0 Å². The maximum absolute atomic E-state index is 11.8. The summed E-state index contributed by atoms with van der Waals surface area (Å²) in [5.74, 6) is 0.150. The van der Waals surface area contributed by atoms with Crippen molar-refractivity contribution in [2.45, 2.75) is 13.0 Å². The van der Waals surface area contributed by atoms with Crippen LogP contribution < -0.4 is 5.32 Å². The second-order valence-corrected chi connectivity index (χ2v) is 5.17. The minimum absolute atomic E-state index is 0.0828. The minimum atomic E-state index is -0.179. The lowest BCUT2D eigenvalue weighted by Gasteiger charge is -2.29. The molecule has 1 aliphatic rings. The maximum atomic E-state index is 11.8. The SMILES string of the molecule is C[C@H](CN1CCOCC1)NC(=O)c1ccc(Br)o1. The minimum Gasteiger partial charge on any atom is -0.444 e. The lowest BCUT2D eigenvalue weighted by molar-refractivity contribution is 0.0341. The van der Waals surface area contributed by atoms with Gasteiger partial charge in [-0.1, -0.05) is 0 Å². The lowest BCUT2D eigenvalue weighted by Crippen LogP contribution is -2.45. The number of carbonyl (C=O) groups excluding carboxylic acids is 1. The first-order valence-electron chi connectivity index (χ1n) is 6.01. The Bertz CT molecular complexity index is 402. The molecule has 0 aliphatic carbocycles. The van der Waals surface area contributed by atoms with Crippen LogP contribution in [0.25, 0.3) is 0 Å². The second-order valence-electron chi connectivity index (χ2n) is 4.39. The van der Waals surface area contributed by atoms with Crippen molar-refractivity contribution in [3.8, 4) is 0 Å². The molecule has 1 saturated heterocycles. The first-order valence-corrected chi connectivity index (χ1v) is 6.81. The van der Waals surface area contributed by atoms with Crippen molar-refractivity contribution in [2.75, 3.05) is 32.8 Å². The van der Waals surface area contributed by atoms with E-state index in [9.17, 15) is 4.79 Å². The molecule has 18 heavy (non-hydrogen) atoms. The van der Waals surface area contributed by atoms with Gasteiger partial charge in [0.2, 0.25) is 0 Å². The van der Waals surface area contributed by atoms with E-state index >= 15 is 0 Å². The quantitative estimate of drug-likeness (QED) is 0.914. The third kappa shape index (κ3) is 3.83. The molecular weight excluding hydrogens is 300 g/mol. The van der Waals surface area contributed by atoms with E-state index in [4.69, 9.17) is 9.15 Å². The number of nitrogens with one attached hydrogen (secondary N) is 1. The fourth-order valence-electron chi connectivity index (χ4n) is 1.95. The lowest BCUT2D eigenvalue weighted by atomic mass is 10.2. The van der Waals surface area contributed by atoms with Crippen molar-refractivity contribution < 1.29 is 13.9 Å². The predicted octanol–water partition coefficient (Wildman–Crippen LogP) is 1.49. The molecule has 0 saturated carbocycles. The topological polar surface area (TPSA) is 54.7 Å². The van der Waals surface area contributed by atoms with Gasteiger partial charge in [-0.05, 0) is 35.0 Å². The van der Waals surface area contributed by atoms with Crippen LogP contribution in [0.4, 0.5) is 0 Å². The van der Waals surface area contributed by atoms with Gasteiger partial charge in [0.25, 0.3) is 5.91 Å². The Morgan fingerprint density at radius 1 is 1.50 bits per heavy atom. The van der Waals surface area contributed by atoms with Crippen LogP contribution in [0.5, 0.6) is 0 Å². The summed E-state index contributed by atoms with van der Waals surface area (Å²) in [6.45, 7) is 6.21. The van der Waals surface area contributed by atoms with Crippen molar-refractivity contribution in [3.63, 3.8) is 0 Å². The number of nitrogens with zero attached hydrogens (tertiary/aromatic N) is 1. The molecule has 0 radical (unpaired) electrons. The molecule has 2 heterocycles. The number of morpholine rings is 1. The zero-order valence-corrected chi connectivity index (χ0v) is 11.9. The number of ether oxygens (including phenoxy) is 1. The number of amides is 1. The van der Waals surface area contributed by atoms with Crippen LogP contribution in [0.1, 0.15) is 17.5 Å². The van der Waals surface area contributed by atoms with Crippen molar-refractivity contribution in [2.24, 2.45) is 0 Å². The Kier molecular flexibility index (Phi) is 4.79. The monoisotopic (exact) mass is 316 g/mol. The van der Waals surface area contributed by atoms with Crippen LogP contribution in [0.3, 0.4) is 0 Å². The molecule has 1 amide bonds. The number of carbonyl (C=O) groups is 1. The van der Waals surface area contributed by atoms with E-state index in [1.165, 1.54) is 0 Å². The van der Waals surface area contributed by atoms with E-state index in [-0.39, 0.29) is 11.9 Å². The smallest absolute Gasteiger partial charge is 0.287 e. The Morgan fingerprint density at radius 3 is 2.83 bits per heavy atom. The normalized spacial score (nSPS) is 18.6. The number of hydrogen-bond donors (Lipinski definition) is 1. The van der Waals surface area contributed by atoms with Crippen LogP contribution in [-0.2, 0) is 4.74 Å². The highest BCUT2D eigenvalue weighted by atomic mass is 79.9. The van der Waals surface area contributed by atoms with Gasteiger partial charge in [0.1, 0.15) is 0 Å². The van der Waals surface area contributed by atoms with Crippen LogP contribution >= 0.6 is 15.9 Å². The van der Waals surface area contributed by atoms with Crippen LogP contribution in [0, 0.1) is 0 Å². The molecule has 1 atom stereocenters. The van der Waals surface area contributed by atoms with E-state index in [0.29, 0.717) is 10.4 Å². The van der Waals surface area contributed by atoms with E-state index < -0.39 is 0 Å². The van der Waals surface area contributed by atoms with E-state index in [1.54, 1.807) is 12.1 Å². The number of rotatable bonds is 4. The maximum Gasteiger partial charge on any atom is 0.287 e. The summed E-state index contributed by atoms with van der Waals surface area (Å²) in [4.78, 5) is 14.1. The predicted molar refractivity (Wildman–Crippen MR) is 70.6 cm³/mol. The van der Waals surface area contributed by atoms with Gasteiger partial charge in [-0.2, -0.15) is 0 Å². The molecule has 0 bridgehead atoms. The molecule has 0 unspecified atom stereocenters. The van der Waals surface area contributed by atoms with Gasteiger partial charge >= 0.3 is 0 Å². The summed E-state index contributed by atoms with van der Waals surface area (Å²) in [6, 6.07) is 3.45. The van der Waals surface area contributed by atoms with Gasteiger partial charge < -0.3 is 14.5 Å². The van der Waals surface area contributed by atoms with Gasteiger partial charge in [0.05, 0.1) is 13.2 Å². The molecule has 1 fully saturated rings. The molecule has 1 aliphatic heterocycles. The molecule has 6 heteroatoms.